The molecular weight excluding hydrogens is 633 g/mol. The van der Waals surface area contributed by atoms with Crippen LogP contribution in [0.25, 0.3) is 0 Å². The summed E-state index contributed by atoms with van der Waals surface area (Å²) in [5, 5.41) is 12.0. The van der Waals surface area contributed by atoms with E-state index in [2.05, 4.69) is 71.1 Å². The summed E-state index contributed by atoms with van der Waals surface area (Å²) < 4.78 is 0. The molecule has 2 rings (SSSR count). The zero-order valence-corrected chi connectivity index (χ0v) is 33.0. The molecule has 4 amide bonds. The fraction of sp³-hybridized carbons (Fsp3) is 0.674. The second kappa shape index (κ2) is 29.5. The van der Waals surface area contributed by atoms with Gasteiger partial charge in [0, 0.05) is 24.5 Å². The molecule has 0 bridgehead atoms. The van der Waals surface area contributed by atoms with Crippen LogP contribution in [-0.2, 0) is 6.42 Å². The standard InChI is InChI=1S/C43H74N6O2/c1-5-7-9-11-13-15-17-19-31-48(3)33-23-29-44-42(50)46-40-27-21-25-38(36-40)35-39-26-22-28-41(37-39)47-43(51)45-30-24-34-49(4)32-20-18-16-14-12-10-8-6-2/h21-22,25-28,36-37H,5-20,23-24,29-35H2,1-4H3,(H2,44,46,50)(H2,45,47,51). The molecule has 0 aliphatic heterocycles. The third-order valence-corrected chi connectivity index (χ3v) is 9.57. The minimum absolute atomic E-state index is 0.176. The van der Waals surface area contributed by atoms with Crippen LogP contribution >= 0.6 is 0 Å². The first-order valence-corrected chi connectivity index (χ1v) is 20.5. The lowest BCUT2D eigenvalue weighted by atomic mass is 10.0. The minimum atomic E-state index is -0.176. The van der Waals surface area contributed by atoms with Crippen molar-refractivity contribution in [2.45, 2.75) is 136 Å². The van der Waals surface area contributed by atoms with Crippen LogP contribution in [-0.4, -0.2) is 75.2 Å². The van der Waals surface area contributed by atoms with Gasteiger partial charge in [0.2, 0.25) is 0 Å². The van der Waals surface area contributed by atoms with E-state index in [1.807, 2.05) is 36.4 Å². The number of amides is 4. The van der Waals surface area contributed by atoms with E-state index < -0.39 is 0 Å². The van der Waals surface area contributed by atoms with Gasteiger partial charge in [-0.05, 0) is 108 Å². The zero-order chi connectivity index (χ0) is 36.8. The molecule has 288 valence electrons. The number of nitrogens with zero attached hydrogens (tertiary/aromatic N) is 2. The quantitative estimate of drug-likeness (QED) is 0.0609. The van der Waals surface area contributed by atoms with Crippen molar-refractivity contribution in [3.05, 3.63) is 59.7 Å². The van der Waals surface area contributed by atoms with Crippen molar-refractivity contribution in [2.24, 2.45) is 0 Å². The number of benzene rings is 2. The van der Waals surface area contributed by atoms with Gasteiger partial charge in [-0.1, -0.05) is 128 Å². The fourth-order valence-electron chi connectivity index (χ4n) is 6.46. The number of nitrogens with one attached hydrogen (secondary N) is 4. The highest BCUT2D eigenvalue weighted by molar-refractivity contribution is 5.89. The maximum absolute atomic E-state index is 12.6. The SMILES string of the molecule is CCCCCCCCCCN(C)CCCNC(=O)Nc1cccc(Cc2cccc(NC(=O)NCCCN(C)CCCCCCCCCC)c2)c1. The molecule has 0 spiro atoms. The highest BCUT2D eigenvalue weighted by Gasteiger charge is 2.07. The minimum Gasteiger partial charge on any atom is -0.338 e. The molecule has 0 saturated heterocycles. The highest BCUT2D eigenvalue weighted by Crippen LogP contribution is 2.18. The van der Waals surface area contributed by atoms with Crippen LogP contribution in [0.2, 0.25) is 0 Å². The van der Waals surface area contributed by atoms with Gasteiger partial charge in [0.05, 0.1) is 0 Å². The number of hydrogen-bond donors (Lipinski definition) is 4. The van der Waals surface area contributed by atoms with E-state index >= 15 is 0 Å². The van der Waals surface area contributed by atoms with Crippen molar-refractivity contribution in [3.63, 3.8) is 0 Å². The molecule has 0 aliphatic carbocycles. The van der Waals surface area contributed by atoms with Gasteiger partial charge in [0.25, 0.3) is 0 Å². The average Bonchev–Trinajstić information content (AvgIpc) is 3.11. The van der Waals surface area contributed by atoms with Crippen LogP contribution < -0.4 is 21.3 Å². The van der Waals surface area contributed by atoms with Crippen molar-refractivity contribution in [1.82, 2.24) is 20.4 Å². The second-order valence-corrected chi connectivity index (χ2v) is 14.6. The number of carbonyl (C=O) groups is 2. The Bertz CT molecular complexity index is 1090. The molecule has 4 N–H and O–H groups in total. The van der Waals surface area contributed by atoms with E-state index in [0.29, 0.717) is 19.5 Å². The molecule has 0 aliphatic rings. The predicted octanol–water partition coefficient (Wildman–Crippen LogP) is 10.4. The third-order valence-electron chi connectivity index (χ3n) is 9.57. The van der Waals surface area contributed by atoms with E-state index in [-0.39, 0.29) is 12.1 Å². The normalized spacial score (nSPS) is 11.3. The van der Waals surface area contributed by atoms with Crippen LogP contribution in [0.15, 0.2) is 48.5 Å². The van der Waals surface area contributed by atoms with Gasteiger partial charge in [-0.15, -0.1) is 0 Å². The van der Waals surface area contributed by atoms with Gasteiger partial charge in [-0.2, -0.15) is 0 Å². The Balaban J connectivity index is 1.59. The Labute approximate surface area is 312 Å². The maximum Gasteiger partial charge on any atom is 0.319 e. The van der Waals surface area contributed by atoms with Crippen molar-refractivity contribution >= 4 is 23.4 Å². The van der Waals surface area contributed by atoms with E-state index in [4.69, 9.17) is 0 Å². The Hall–Kier alpha value is -3.10. The number of rotatable bonds is 30. The van der Waals surface area contributed by atoms with E-state index in [0.717, 1.165) is 61.5 Å². The summed E-state index contributed by atoms with van der Waals surface area (Å²) in [6.45, 7) is 10.0. The molecule has 0 atom stereocenters. The summed E-state index contributed by atoms with van der Waals surface area (Å²) in [7, 11) is 4.35. The summed E-state index contributed by atoms with van der Waals surface area (Å²) in [4.78, 5) is 29.9. The number of unbranched alkanes of at least 4 members (excludes halogenated alkanes) is 14. The largest absolute Gasteiger partial charge is 0.338 e. The van der Waals surface area contributed by atoms with Crippen LogP contribution in [0.5, 0.6) is 0 Å². The van der Waals surface area contributed by atoms with Gasteiger partial charge in [0.15, 0.2) is 0 Å². The molecule has 51 heavy (non-hydrogen) atoms. The Morgan fingerprint density at radius 1 is 0.490 bits per heavy atom. The molecule has 0 heterocycles. The number of anilines is 2. The lowest BCUT2D eigenvalue weighted by Crippen LogP contribution is -2.32. The van der Waals surface area contributed by atoms with Crippen molar-refractivity contribution < 1.29 is 9.59 Å². The molecule has 2 aromatic rings. The van der Waals surface area contributed by atoms with Gasteiger partial charge in [-0.3, -0.25) is 0 Å². The Kier molecular flexibility index (Phi) is 25.5. The first-order valence-electron chi connectivity index (χ1n) is 20.5. The first-order chi connectivity index (χ1) is 24.9. The van der Waals surface area contributed by atoms with Crippen molar-refractivity contribution in [1.29, 1.82) is 0 Å². The summed E-state index contributed by atoms with van der Waals surface area (Å²) in [6.07, 6.45) is 24.0. The summed E-state index contributed by atoms with van der Waals surface area (Å²) in [5.41, 5.74) is 3.73. The third kappa shape index (κ3) is 23.9. The molecule has 8 heteroatoms. The predicted molar refractivity (Wildman–Crippen MR) is 219 cm³/mol. The maximum atomic E-state index is 12.6. The summed E-state index contributed by atoms with van der Waals surface area (Å²) >= 11 is 0. The highest BCUT2D eigenvalue weighted by atomic mass is 16.2. The van der Waals surface area contributed by atoms with Gasteiger partial charge in [0.1, 0.15) is 0 Å². The van der Waals surface area contributed by atoms with Crippen LogP contribution in [0, 0.1) is 0 Å². The lowest BCUT2D eigenvalue weighted by molar-refractivity contribution is 0.250. The second-order valence-electron chi connectivity index (χ2n) is 14.6. The molecule has 0 fully saturated rings. The monoisotopic (exact) mass is 707 g/mol. The van der Waals surface area contributed by atoms with Gasteiger partial charge >= 0.3 is 12.1 Å². The summed E-state index contributed by atoms with van der Waals surface area (Å²) in [5.74, 6) is 0. The van der Waals surface area contributed by atoms with Gasteiger partial charge < -0.3 is 31.1 Å². The molecule has 2 aromatic carbocycles. The van der Waals surface area contributed by atoms with Crippen LogP contribution in [0.1, 0.15) is 141 Å². The Morgan fingerprint density at radius 3 is 1.24 bits per heavy atom. The molecule has 0 radical (unpaired) electrons. The number of hydrogen-bond acceptors (Lipinski definition) is 4. The van der Waals surface area contributed by atoms with Crippen molar-refractivity contribution in [3.8, 4) is 0 Å². The molecule has 0 saturated carbocycles. The first kappa shape index (κ1) is 44.1. The van der Waals surface area contributed by atoms with E-state index in [1.54, 1.807) is 0 Å². The molecule has 0 unspecified atom stereocenters. The smallest absolute Gasteiger partial charge is 0.319 e. The molecular formula is C43H74N6O2. The Morgan fingerprint density at radius 2 is 0.843 bits per heavy atom. The van der Waals surface area contributed by atoms with E-state index in [9.17, 15) is 9.59 Å². The fourth-order valence-corrected chi connectivity index (χ4v) is 6.46. The topological polar surface area (TPSA) is 88.7 Å². The number of urea groups is 2. The molecule has 8 nitrogen and oxygen atoms in total. The van der Waals surface area contributed by atoms with Crippen LogP contribution in [0.4, 0.5) is 21.0 Å². The lowest BCUT2D eigenvalue weighted by Gasteiger charge is -2.17. The molecule has 0 aromatic heterocycles. The zero-order valence-electron chi connectivity index (χ0n) is 33.0. The van der Waals surface area contributed by atoms with Crippen molar-refractivity contribution in [2.75, 3.05) is 64.0 Å². The van der Waals surface area contributed by atoms with Gasteiger partial charge in [-0.25, -0.2) is 9.59 Å². The summed E-state index contributed by atoms with van der Waals surface area (Å²) in [6, 6.07) is 15.5. The number of carbonyl (C=O) groups excluding carboxylic acids is 2. The van der Waals surface area contributed by atoms with Crippen LogP contribution in [0.3, 0.4) is 0 Å². The average molecular weight is 707 g/mol. The van der Waals surface area contributed by atoms with E-state index in [1.165, 1.54) is 103 Å².